The molecule has 0 radical (unpaired) electrons. The lowest BCUT2D eigenvalue weighted by Gasteiger charge is -2.04. The molecule has 0 saturated heterocycles. The van der Waals surface area contributed by atoms with Crippen LogP contribution < -0.4 is 5.73 Å². The molecule has 1 amide bonds. The lowest BCUT2D eigenvalue weighted by molar-refractivity contribution is 0.1000. The molecule has 76 valence electrons. The number of sulfone groups is 1. The first-order chi connectivity index (χ1) is 6.32. The zero-order valence-corrected chi connectivity index (χ0v) is 8.76. The Kier molecular flexibility index (Phi) is 2.62. The second-order valence-electron chi connectivity index (χ2n) is 3.12. The third-order valence-corrected chi connectivity index (χ3v) is 3.11. The Balaban J connectivity index is 3.44. The number of amides is 1. The van der Waals surface area contributed by atoms with Gasteiger partial charge in [0.1, 0.15) is 0 Å². The molecule has 0 aromatic heterocycles. The van der Waals surface area contributed by atoms with E-state index < -0.39 is 15.7 Å². The van der Waals surface area contributed by atoms with Gasteiger partial charge in [-0.3, -0.25) is 4.79 Å². The minimum Gasteiger partial charge on any atom is -0.366 e. The minimum atomic E-state index is -3.30. The number of aryl methyl sites for hydroxylation is 1. The number of hydrogen-bond acceptors (Lipinski definition) is 3. The number of primary amides is 1. The summed E-state index contributed by atoms with van der Waals surface area (Å²) < 4.78 is 22.6. The van der Waals surface area contributed by atoms with E-state index in [1.165, 1.54) is 12.1 Å². The quantitative estimate of drug-likeness (QED) is 0.777. The maximum absolute atomic E-state index is 11.3. The predicted molar refractivity (Wildman–Crippen MR) is 52.8 cm³/mol. The van der Waals surface area contributed by atoms with Crippen LogP contribution in [-0.4, -0.2) is 20.6 Å². The van der Waals surface area contributed by atoms with Crippen molar-refractivity contribution in [2.75, 3.05) is 6.26 Å². The van der Waals surface area contributed by atoms with Gasteiger partial charge in [0.15, 0.2) is 9.84 Å². The van der Waals surface area contributed by atoms with Crippen LogP contribution in [0.2, 0.25) is 0 Å². The fourth-order valence-corrected chi connectivity index (χ4v) is 2.15. The van der Waals surface area contributed by atoms with Crippen LogP contribution in [0.4, 0.5) is 0 Å². The molecule has 0 bridgehead atoms. The summed E-state index contributed by atoms with van der Waals surface area (Å²) in [4.78, 5) is 11.0. The molecule has 0 unspecified atom stereocenters. The molecular formula is C9H11NO3S. The Bertz CT molecular complexity index is 477. The van der Waals surface area contributed by atoms with E-state index in [-0.39, 0.29) is 10.5 Å². The Morgan fingerprint density at radius 1 is 1.36 bits per heavy atom. The van der Waals surface area contributed by atoms with Crippen LogP contribution in [-0.2, 0) is 9.84 Å². The Morgan fingerprint density at radius 2 is 1.93 bits per heavy atom. The molecule has 0 saturated carbocycles. The molecular weight excluding hydrogens is 202 g/mol. The van der Waals surface area contributed by atoms with Crippen LogP contribution in [0.3, 0.4) is 0 Å². The number of carbonyl (C=O) groups is 1. The summed E-state index contributed by atoms with van der Waals surface area (Å²) in [7, 11) is -3.30. The predicted octanol–water partition coefficient (Wildman–Crippen LogP) is 0.497. The van der Waals surface area contributed by atoms with Gasteiger partial charge in [-0.25, -0.2) is 8.42 Å². The normalized spacial score (nSPS) is 11.3. The van der Waals surface area contributed by atoms with Crippen LogP contribution in [0.5, 0.6) is 0 Å². The first-order valence-corrected chi connectivity index (χ1v) is 5.82. The van der Waals surface area contributed by atoms with E-state index in [2.05, 4.69) is 0 Å². The van der Waals surface area contributed by atoms with Gasteiger partial charge in [-0.1, -0.05) is 6.07 Å². The highest BCUT2D eigenvalue weighted by atomic mass is 32.2. The summed E-state index contributed by atoms with van der Waals surface area (Å²) in [5, 5.41) is 0. The van der Waals surface area contributed by atoms with E-state index in [1.807, 2.05) is 0 Å². The monoisotopic (exact) mass is 213 g/mol. The van der Waals surface area contributed by atoms with Gasteiger partial charge < -0.3 is 5.73 Å². The Hall–Kier alpha value is -1.36. The van der Waals surface area contributed by atoms with Gasteiger partial charge in [0.2, 0.25) is 5.91 Å². The van der Waals surface area contributed by atoms with Gasteiger partial charge in [-0.15, -0.1) is 0 Å². The summed E-state index contributed by atoms with van der Waals surface area (Å²) in [6.07, 6.45) is 1.10. The number of rotatable bonds is 2. The van der Waals surface area contributed by atoms with Gasteiger partial charge >= 0.3 is 0 Å². The van der Waals surface area contributed by atoms with Gasteiger partial charge in [-0.2, -0.15) is 0 Å². The zero-order chi connectivity index (χ0) is 10.9. The van der Waals surface area contributed by atoms with Crippen molar-refractivity contribution in [3.05, 3.63) is 29.3 Å². The second-order valence-corrected chi connectivity index (χ2v) is 5.10. The number of carbonyl (C=O) groups excluding carboxylic acids is 1. The third kappa shape index (κ3) is 2.11. The smallest absolute Gasteiger partial charge is 0.248 e. The summed E-state index contributed by atoms with van der Waals surface area (Å²) >= 11 is 0. The highest BCUT2D eigenvalue weighted by molar-refractivity contribution is 7.90. The van der Waals surface area contributed by atoms with E-state index in [9.17, 15) is 13.2 Å². The largest absolute Gasteiger partial charge is 0.366 e. The molecule has 5 heteroatoms. The van der Waals surface area contributed by atoms with Crippen molar-refractivity contribution >= 4 is 15.7 Å². The number of benzene rings is 1. The molecule has 0 aliphatic heterocycles. The van der Waals surface area contributed by atoms with Gasteiger partial charge in [0.05, 0.1) is 4.90 Å². The van der Waals surface area contributed by atoms with Crippen molar-refractivity contribution in [3.63, 3.8) is 0 Å². The molecule has 0 aliphatic rings. The van der Waals surface area contributed by atoms with E-state index in [0.29, 0.717) is 5.56 Å². The average molecular weight is 213 g/mol. The highest BCUT2D eigenvalue weighted by Gasteiger charge is 2.12. The van der Waals surface area contributed by atoms with E-state index in [0.717, 1.165) is 6.26 Å². The molecule has 1 rings (SSSR count). The van der Waals surface area contributed by atoms with Crippen LogP contribution >= 0.6 is 0 Å². The average Bonchev–Trinajstić information content (AvgIpc) is 2.02. The lowest BCUT2D eigenvalue weighted by atomic mass is 10.1. The summed E-state index contributed by atoms with van der Waals surface area (Å²) in [5.41, 5.74) is 5.86. The first kappa shape index (κ1) is 10.7. The van der Waals surface area contributed by atoms with Crippen molar-refractivity contribution in [2.45, 2.75) is 11.8 Å². The van der Waals surface area contributed by atoms with Crippen molar-refractivity contribution < 1.29 is 13.2 Å². The molecule has 0 aliphatic carbocycles. The van der Waals surface area contributed by atoms with E-state index in [4.69, 9.17) is 5.73 Å². The summed E-state index contributed by atoms with van der Waals surface area (Å²) in [6, 6.07) is 4.37. The standard InChI is InChI=1S/C9H11NO3S/c1-6-3-4-7(9(10)11)5-8(6)14(2,12)13/h3-5H,1-2H3,(H2,10,11). The topological polar surface area (TPSA) is 77.2 Å². The molecule has 1 aromatic carbocycles. The van der Waals surface area contributed by atoms with E-state index in [1.54, 1.807) is 13.0 Å². The molecule has 1 aromatic rings. The molecule has 0 fully saturated rings. The second kappa shape index (κ2) is 3.42. The van der Waals surface area contributed by atoms with Crippen molar-refractivity contribution in [1.82, 2.24) is 0 Å². The van der Waals surface area contributed by atoms with Gasteiger partial charge in [0.25, 0.3) is 0 Å². The molecule has 0 heterocycles. The van der Waals surface area contributed by atoms with Crippen molar-refractivity contribution in [2.24, 2.45) is 5.73 Å². The highest BCUT2D eigenvalue weighted by Crippen LogP contribution is 2.16. The van der Waals surface area contributed by atoms with Gasteiger partial charge in [-0.05, 0) is 24.6 Å². The Morgan fingerprint density at radius 3 is 2.36 bits per heavy atom. The fourth-order valence-electron chi connectivity index (χ4n) is 1.15. The van der Waals surface area contributed by atoms with E-state index >= 15 is 0 Å². The third-order valence-electron chi connectivity index (χ3n) is 1.87. The zero-order valence-electron chi connectivity index (χ0n) is 7.94. The SMILES string of the molecule is Cc1ccc(C(N)=O)cc1S(C)(=O)=O. The molecule has 0 spiro atoms. The fraction of sp³-hybridized carbons (Fsp3) is 0.222. The maximum Gasteiger partial charge on any atom is 0.248 e. The lowest BCUT2D eigenvalue weighted by Crippen LogP contribution is -2.12. The molecule has 14 heavy (non-hydrogen) atoms. The number of nitrogens with two attached hydrogens (primary N) is 1. The number of hydrogen-bond donors (Lipinski definition) is 1. The molecule has 0 atom stereocenters. The van der Waals surface area contributed by atoms with Crippen LogP contribution in [0.1, 0.15) is 15.9 Å². The maximum atomic E-state index is 11.3. The van der Waals surface area contributed by atoms with Crippen LogP contribution in [0.25, 0.3) is 0 Å². The minimum absolute atomic E-state index is 0.147. The van der Waals surface area contributed by atoms with Crippen LogP contribution in [0.15, 0.2) is 23.1 Å². The molecule has 4 nitrogen and oxygen atoms in total. The molecule has 2 N–H and O–H groups in total. The van der Waals surface area contributed by atoms with Crippen molar-refractivity contribution in [3.8, 4) is 0 Å². The van der Waals surface area contributed by atoms with Crippen LogP contribution in [0, 0.1) is 6.92 Å². The summed E-state index contributed by atoms with van der Waals surface area (Å²) in [6.45, 7) is 1.67. The Labute approximate surface area is 82.7 Å². The van der Waals surface area contributed by atoms with Crippen molar-refractivity contribution in [1.29, 1.82) is 0 Å². The summed E-state index contributed by atoms with van der Waals surface area (Å²) in [5.74, 6) is -0.630. The first-order valence-electron chi connectivity index (χ1n) is 3.93. The van der Waals surface area contributed by atoms with Gasteiger partial charge in [0, 0.05) is 11.8 Å².